The lowest BCUT2D eigenvalue weighted by Gasteiger charge is -2.05. The zero-order chi connectivity index (χ0) is 11.8. The van der Waals surface area contributed by atoms with Crippen molar-refractivity contribution in [3.05, 3.63) is 0 Å². The number of carbonyl (C=O) groups is 2. The first-order valence-corrected chi connectivity index (χ1v) is 6.17. The van der Waals surface area contributed by atoms with Crippen LogP contribution in [-0.4, -0.2) is 25.0 Å². The first-order valence-electron chi connectivity index (χ1n) is 6.17. The number of carbonyl (C=O) groups excluding carboxylic acids is 2. The summed E-state index contributed by atoms with van der Waals surface area (Å²) in [7, 11) is 0. The molecular weight excluding hydrogens is 206 g/mol. The van der Waals surface area contributed by atoms with Gasteiger partial charge in [0, 0.05) is 5.92 Å². The van der Waals surface area contributed by atoms with Crippen molar-refractivity contribution in [2.75, 3.05) is 13.2 Å². The van der Waals surface area contributed by atoms with Crippen molar-refractivity contribution in [1.29, 1.82) is 0 Å². The fraction of sp³-hybridized carbons (Fsp3) is 0.833. The molecule has 4 nitrogen and oxygen atoms in total. The number of ether oxygens (including phenoxy) is 1. The molecule has 1 amide bonds. The van der Waals surface area contributed by atoms with E-state index in [1.54, 1.807) is 0 Å². The third-order valence-electron chi connectivity index (χ3n) is 2.62. The van der Waals surface area contributed by atoms with Crippen molar-refractivity contribution in [3.8, 4) is 0 Å². The van der Waals surface area contributed by atoms with Gasteiger partial charge in [0.25, 0.3) is 0 Å². The number of amides is 1. The fourth-order valence-corrected chi connectivity index (χ4v) is 1.42. The van der Waals surface area contributed by atoms with Crippen molar-refractivity contribution in [2.45, 2.75) is 45.4 Å². The lowest BCUT2D eigenvalue weighted by Crippen LogP contribution is -2.31. The van der Waals surface area contributed by atoms with E-state index in [0.717, 1.165) is 25.7 Å². The molecule has 1 saturated carbocycles. The summed E-state index contributed by atoms with van der Waals surface area (Å²) >= 11 is 0. The molecule has 92 valence electrons. The lowest BCUT2D eigenvalue weighted by molar-refractivity contribution is -0.144. The van der Waals surface area contributed by atoms with E-state index in [0.29, 0.717) is 6.61 Å². The lowest BCUT2D eigenvalue weighted by atomic mass is 10.2. The van der Waals surface area contributed by atoms with Gasteiger partial charge in [-0.2, -0.15) is 0 Å². The Hall–Kier alpha value is -1.06. The molecule has 0 aromatic heterocycles. The molecule has 1 N–H and O–H groups in total. The van der Waals surface area contributed by atoms with Gasteiger partial charge in [-0.3, -0.25) is 9.59 Å². The molecule has 1 rings (SSSR count). The highest BCUT2D eigenvalue weighted by Gasteiger charge is 2.29. The van der Waals surface area contributed by atoms with Gasteiger partial charge in [-0.1, -0.05) is 26.2 Å². The minimum Gasteiger partial charge on any atom is -0.464 e. The van der Waals surface area contributed by atoms with Gasteiger partial charge in [0.2, 0.25) is 5.91 Å². The number of hydrogen-bond donors (Lipinski definition) is 1. The SMILES string of the molecule is CCCCCCOC(=O)CNC(=O)C1CC1. The Morgan fingerprint density at radius 3 is 2.62 bits per heavy atom. The van der Waals surface area contributed by atoms with Crippen LogP contribution in [0.5, 0.6) is 0 Å². The maximum Gasteiger partial charge on any atom is 0.325 e. The standard InChI is InChI=1S/C12H21NO3/c1-2-3-4-5-8-16-11(14)9-13-12(15)10-6-7-10/h10H,2-9H2,1H3,(H,13,15). The molecule has 0 heterocycles. The monoisotopic (exact) mass is 227 g/mol. The molecule has 0 spiro atoms. The van der Waals surface area contributed by atoms with Crippen molar-refractivity contribution in [2.24, 2.45) is 5.92 Å². The second kappa shape index (κ2) is 7.25. The molecule has 1 aliphatic rings. The van der Waals surface area contributed by atoms with Crippen LogP contribution in [0.15, 0.2) is 0 Å². The molecule has 0 unspecified atom stereocenters. The van der Waals surface area contributed by atoms with Crippen LogP contribution in [0.1, 0.15) is 45.4 Å². The molecule has 1 aliphatic carbocycles. The molecule has 0 aromatic carbocycles. The minimum absolute atomic E-state index is 0.0112. The number of hydrogen-bond acceptors (Lipinski definition) is 3. The number of rotatable bonds is 8. The maximum absolute atomic E-state index is 11.2. The zero-order valence-corrected chi connectivity index (χ0v) is 9.96. The van der Waals surface area contributed by atoms with Crippen LogP contribution < -0.4 is 5.32 Å². The highest BCUT2D eigenvalue weighted by molar-refractivity contribution is 5.84. The van der Waals surface area contributed by atoms with Crippen LogP contribution >= 0.6 is 0 Å². The summed E-state index contributed by atoms with van der Waals surface area (Å²) in [4.78, 5) is 22.4. The van der Waals surface area contributed by atoms with Gasteiger partial charge in [-0.25, -0.2) is 0 Å². The Kier molecular flexibility index (Phi) is 5.90. The zero-order valence-electron chi connectivity index (χ0n) is 9.96. The van der Waals surface area contributed by atoms with Crippen molar-refractivity contribution in [1.82, 2.24) is 5.32 Å². The third kappa shape index (κ3) is 5.73. The molecule has 0 aromatic rings. The van der Waals surface area contributed by atoms with Gasteiger partial charge in [0.05, 0.1) is 6.61 Å². The van der Waals surface area contributed by atoms with Crippen molar-refractivity contribution < 1.29 is 14.3 Å². The third-order valence-corrected chi connectivity index (χ3v) is 2.62. The van der Waals surface area contributed by atoms with E-state index in [2.05, 4.69) is 12.2 Å². The normalized spacial score (nSPS) is 14.6. The van der Waals surface area contributed by atoms with Gasteiger partial charge < -0.3 is 10.1 Å². The summed E-state index contributed by atoms with van der Waals surface area (Å²) in [5.41, 5.74) is 0. The Labute approximate surface area is 96.7 Å². The van der Waals surface area contributed by atoms with E-state index >= 15 is 0 Å². The molecule has 0 atom stereocenters. The average molecular weight is 227 g/mol. The minimum atomic E-state index is -0.328. The average Bonchev–Trinajstić information content (AvgIpc) is 3.09. The van der Waals surface area contributed by atoms with Crippen molar-refractivity contribution >= 4 is 11.9 Å². The summed E-state index contributed by atoms with van der Waals surface area (Å²) in [6.07, 6.45) is 6.27. The van der Waals surface area contributed by atoms with Crippen LogP contribution in [0.25, 0.3) is 0 Å². The first kappa shape index (κ1) is 13.0. The van der Waals surface area contributed by atoms with Crippen LogP contribution in [-0.2, 0) is 14.3 Å². The summed E-state index contributed by atoms with van der Waals surface area (Å²) in [5.74, 6) is -0.189. The van der Waals surface area contributed by atoms with E-state index in [1.807, 2.05) is 0 Å². The van der Waals surface area contributed by atoms with Crippen molar-refractivity contribution in [3.63, 3.8) is 0 Å². The molecule has 0 radical (unpaired) electrons. The van der Waals surface area contributed by atoms with E-state index in [1.165, 1.54) is 12.8 Å². The first-order chi connectivity index (χ1) is 7.74. The molecule has 0 aliphatic heterocycles. The molecule has 1 fully saturated rings. The summed E-state index contributed by atoms with van der Waals surface area (Å²) in [6.45, 7) is 2.63. The summed E-state index contributed by atoms with van der Waals surface area (Å²) in [6, 6.07) is 0. The quantitative estimate of drug-likeness (QED) is 0.506. The van der Waals surface area contributed by atoms with E-state index < -0.39 is 0 Å². The van der Waals surface area contributed by atoms with Gasteiger partial charge in [-0.15, -0.1) is 0 Å². The van der Waals surface area contributed by atoms with E-state index in [4.69, 9.17) is 4.74 Å². The summed E-state index contributed by atoms with van der Waals surface area (Å²) < 4.78 is 4.99. The largest absolute Gasteiger partial charge is 0.464 e. The number of esters is 1. The maximum atomic E-state index is 11.2. The Morgan fingerprint density at radius 1 is 1.25 bits per heavy atom. The number of unbranched alkanes of at least 4 members (excludes halogenated alkanes) is 3. The smallest absolute Gasteiger partial charge is 0.325 e. The Morgan fingerprint density at radius 2 is 2.00 bits per heavy atom. The molecule has 0 saturated heterocycles. The topological polar surface area (TPSA) is 55.4 Å². The van der Waals surface area contributed by atoms with Gasteiger partial charge >= 0.3 is 5.97 Å². The highest BCUT2D eigenvalue weighted by atomic mass is 16.5. The van der Waals surface area contributed by atoms with Crippen LogP contribution in [0.3, 0.4) is 0 Å². The van der Waals surface area contributed by atoms with Gasteiger partial charge in [0.15, 0.2) is 0 Å². The van der Waals surface area contributed by atoms with E-state index in [9.17, 15) is 9.59 Å². The fourth-order valence-electron chi connectivity index (χ4n) is 1.42. The molecule has 16 heavy (non-hydrogen) atoms. The second-order valence-corrected chi connectivity index (χ2v) is 4.27. The van der Waals surface area contributed by atoms with Crippen LogP contribution in [0.4, 0.5) is 0 Å². The molecular formula is C12H21NO3. The van der Waals surface area contributed by atoms with Gasteiger partial charge in [0.1, 0.15) is 6.54 Å². The predicted octanol–water partition coefficient (Wildman–Crippen LogP) is 1.64. The highest BCUT2D eigenvalue weighted by Crippen LogP contribution is 2.28. The summed E-state index contributed by atoms with van der Waals surface area (Å²) in [5, 5.41) is 2.58. The molecule has 4 heteroatoms. The Balaban J connectivity index is 1.91. The molecule has 0 bridgehead atoms. The van der Waals surface area contributed by atoms with Crippen LogP contribution in [0, 0.1) is 5.92 Å². The second-order valence-electron chi connectivity index (χ2n) is 4.27. The van der Waals surface area contributed by atoms with Crippen LogP contribution in [0.2, 0.25) is 0 Å². The van der Waals surface area contributed by atoms with E-state index in [-0.39, 0.29) is 24.3 Å². The Bertz CT molecular complexity index is 236. The van der Waals surface area contributed by atoms with Gasteiger partial charge in [-0.05, 0) is 19.3 Å². The number of nitrogens with one attached hydrogen (secondary N) is 1. The predicted molar refractivity (Wildman–Crippen MR) is 60.8 cm³/mol.